The van der Waals surface area contributed by atoms with Crippen LogP contribution in [0.25, 0.3) is 0 Å². The van der Waals surface area contributed by atoms with E-state index in [0.29, 0.717) is 38.0 Å². The fraction of sp³-hybridized carbons (Fsp3) is 0.591. The van der Waals surface area contributed by atoms with Crippen molar-refractivity contribution in [2.75, 3.05) is 49.6 Å². The number of aromatic amines is 1. The van der Waals surface area contributed by atoms with E-state index in [-0.39, 0.29) is 25.5 Å². The number of alkyl halides is 3. The van der Waals surface area contributed by atoms with Crippen LogP contribution in [-0.2, 0) is 15.7 Å². The quantitative estimate of drug-likeness (QED) is 0.508. The van der Waals surface area contributed by atoms with Gasteiger partial charge in [0.2, 0.25) is 11.9 Å². The Balaban J connectivity index is 1.16. The molecule has 35 heavy (non-hydrogen) atoms. The van der Waals surface area contributed by atoms with Gasteiger partial charge in [0, 0.05) is 44.6 Å². The molecule has 1 aliphatic heterocycles. The van der Waals surface area contributed by atoms with Gasteiger partial charge in [-0.15, -0.1) is 0 Å². The van der Waals surface area contributed by atoms with Crippen molar-refractivity contribution < 1.29 is 22.7 Å². The van der Waals surface area contributed by atoms with Crippen molar-refractivity contribution in [3.8, 4) is 0 Å². The van der Waals surface area contributed by atoms with E-state index in [4.69, 9.17) is 4.74 Å². The lowest BCUT2D eigenvalue weighted by molar-refractivity contribution is -0.138. The lowest BCUT2D eigenvalue weighted by Gasteiger charge is -2.34. The molecule has 0 spiro atoms. The molecule has 1 aliphatic carbocycles. The van der Waals surface area contributed by atoms with Crippen LogP contribution in [-0.4, -0.2) is 76.4 Å². The van der Waals surface area contributed by atoms with E-state index in [2.05, 4.69) is 25.3 Å². The van der Waals surface area contributed by atoms with Gasteiger partial charge in [0.15, 0.2) is 0 Å². The Labute approximate surface area is 199 Å². The Hall–Kier alpha value is -3.22. The molecular formula is C22H28F3N7O3. The molecule has 0 radical (unpaired) electrons. The number of amides is 1. The normalized spacial score (nSPS) is 17.4. The van der Waals surface area contributed by atoms with E-state index in [0.717, 1.165) is 6.20 Å². The summed E-state index contributed by atoms with van der Waals surface area (Å²) in [6.07, 6.45) is 2.45. The number of hydrogen-bond donors (Lipinski definition) is 2. The Morgan fingerprint density at radius 1 is 1.20 bits per heavy atom. The number of ether oxygens (including phenoxy) is 1. The van der Waals surface area contributed by atoms with Crippen LogP contribution in [0.2, 0.25) is 0 Å². The van der Waals surface area contributed by atoms with Gasteiger partial charge in [-0.2, -0.15) is 18.3 Å². The Kier molecular flexibility index (Phi) is 7.53. The monoisotopic (exact) mass is 495 g/mol. The van der Waals surface area contributed by atoms with Gasteiger partial charge in [-0.05, 0) is 31.2 Å². The van der Waals surface area contributed by atoms with Crippen LogP contribution >= 0.6 is 0 Å². The molecule has 4 rings (SSSR count). The van der Waals surface area contributed by atoms with Crippen LogP contribution in [0.15, 0.2) is 23.4 Å². The van der Waals surface area contributed by atoms with Crippen molar-refractivity contribution >= 4 is 17.5 Å². The first-order valence-electron chi connectivity index (χ1n) is 11.6. The predicted molar refractivity (Wildman–Crippen MR) is 121 cm³/mol. The van der Waals surface area contributed by atoms with Gasteiger partial charge >= 0.3 is 6.18 Å². The lowest BCUT2D eigenvalue weighted by atomic mass is 10.2. The summed E-state index contributed by atoms with van der Waals surface area (Å²) in [4.78, 5) is 36.8. The molecule has 2 aromatic heterocycles. The predicted octanol–water partition coefficient (Wildman–Crippen LogP) is 2.01. The molecule has 190 valence electrons. The average molecular weight is 496 g/mol. The third-order valence-electron chi connectivity index (χ3n) is 5.99. The molecule has 1 saturated carbocycles. The highest BCUT2D eigenvalue weighted by atomic mass is 19.4. The second-order valence-electron chi connectivity index (χ2n) is 8.81. The van der Waals surface area contributed by atoms with Gasteiger partial charge in [-0.25, -0.2) is 15.1 Å². The maximum atomic E-state index is 13.1. The summed E-state index contributed by atoms with van der Waals surface area (Å²) in [6, 6.07) is -0.537. The molecule has 3 heterocycles. The highest BCUT2D eigenvalue weighted by Crippen LogP contribution is 2.39. The van der Waals surface area contributed by atoms with E-state index < -0.39 is 29.0 Å². The van der Waals surface area contributed by atoms with E-state index in [1.807, 2.05) is 12.4 Å². The number of hydrogen-bond acceptors (Lipinski definition) is 8. The van der Waals surface area contributed by atoms with Gasteiger partial charge in [0.1, 0.15) is 5.56 Å². The number of aromatic nitrogens is 4. The first-order valence-corrected chi connectivity index (χ1v) is 11.6. The first kappa shape index (κ1) is 24.9. The van der Waals surface area contributed by atoms with Crippen LogP contribution in [0.3, 0.4) is 0 Å². The standard InChI is InChI=1S/C22H28F3N7O3/c1-14(29-17-12-28-30-20(34)19(17)22(23,24)25)13-35-9-4-18(33)31-5-7-32(8-6-31)21-26-10-16(11-27-21)15-2-3-15/h10-12,14-15H,2-9,13H2,1H3,(H2,29,30,34)/t14-/m0/s1. The third-order valence-corrected chi connectivity index (χ3v) is 5.99. The molecule has 2 aromatic rings. The first-order chi connectivity index (χ1) is 16.7. The van der Waals surface area contributed by atoms with Gasteiger partial charge in [0.05, 0.1) is 31.5 Å². The number of anilines is 2. The number of carbonyl (C=O) groups is 1. The van der Waals surface area contributed by atoms with Crippen LogP contribution in [0.5, 0.6) is 0 Å². The summed E-state index contributed by atoms with van der Waals surface area (Å²) >= 11 is 0. The van der Waals surface area contributed by atoms with E-state index in [1.54, 1.807) is 16.9 Å². The fourth-order valence-corrected chi connectivity index (χ4v) is 3.95. The van der Waals surface area contributed by atoms with Gasteiger partial charge in [-0.3, -0.25) is 9.59 Å². The van der Waals surface area contributed by atoms with Crippen LogP contribution in [0.1, 0.15) is 43.2 Å². The largest absolute Gasteiger partial charge is 0.423 e. The minimum absolute atomic E-state index is 0.0478. The second-order valence-corrected chi connectivity index (χ2v) is 8.81. The smallest absolute Gasteiger partial charge is 0.379 e. The molecule has 13 heteroatoms. The van der Waals surface area contributed by atoms with Crippen molar-refractivity contribution in [2.45, 2.75) is 44.3 Å². The number of nitrogens with zero attached hydrogens (tertiary/aromatic N) is 5. The Bertz CT molecular complexity index is 1070. The van der Waals surface area contributed by atoms with Crippen molar-refractivity contribution in [2.24, 2.45) is 0 Å². The van der Waals surface area contributed by atoms with Crippen molar-refractivity contribution in [3.63, 3.8) is 0 Å². The summed E-state index contributed by atoms with van der Waals surface area (Å²) in [5.41, 5.74) is -1.89. The van der Waals surface area contributed by atoms with Crippen LogP contribution in [0, 0.1) is 0 Å². The highest BCUT2D eigenvalue weighted by Gasteiger charge is 2.37. The van der Waals surface area contributed by atoms with E-state index in [1.165, 1.54) is 18.4 Å². The zero-order chi connectivity index (χ0) is 25.0. The minimum atomic E-state index is -4.82. The summed E-state index contributed by atoms with van der Waals surface area (Å²) in [5, 5.41) is 7.81. The molecule has 0 bridgehead atoms. The number of nitrogens with one attached hydrogen (secondary N) is 2. The zero-order valence-corrected chi connectivity index (χ0v) is 19.3. The number of carbonyl (C=O) groups excluding carboxylic acids is 1. The molecule has 1 atom stereocenters. The Morgan fingerprint density at radius 3 is 2.51 bits per heavy atom. The maximum absolute atomic E-state index is 13.1. The molecule has 2 aliphatic rings. The molecule has 0 unspecified atom stereocenters. The SMILES string of the molecule is C[C@@H](COCCC(=O)N1CCN(c2ncc(C3CC3)cn2)CC1)Nc1cn[nH]c(=O)c1C(F)(F)F. The number of halogens is 3. The molecule has 10 nitrogen and oxygen atoms in total. The average Bonchev–Trinajstić information content (AvgIpc) is 3.67. The van der Waals surface area contributed by atoms with Crippen molar-refractivity contribution in [3.05, 3.63) is 40.1 Å². The summed E-state index contributed by atoms with van der Waals surface area (Å²) in [7, 11) is 0. The van der Waals surface area contributed by atoms with Crippen LogP contribution in [0.4, 0.5) is 24.8 Å². The molecule has 0 aromatic carbocycles. The maximum Gasteiger partial charge on any atom is 0.423 e. The van der Waals surface area contributed by atoms with Gasteiger partial charge < -0.3 is 19.9 Å². The Morgan fingerprint density at radius 2 is 1.89 bits per heavy atom. The number of H-pyrrole nitrogens is 1. The van der Waals surface area contributed by atoms with Gasteiger partial charge in [0.25, 0.3) is 5.56 Å². The van der Waals surface area contributed by atoms with E-state index in [9.17, 15) is 22.8 Å². The topological polar surface area (TPSA) is 116 Å². The molecular weight excluding hydrogens is 467 g/mol. The van der Waals surface area contributed by atoms with E-state index >= 15 is 0 Å². The molecule has 1 amide bonds. The second kappa shape index (κ2) is 10.6. The highest BCUT2D eigenvalue weighted by molar-refractivity contribution is 5.76. The molecule has 1 saturated heterocycles. The summed E-state index contributed by atoms with van der Waals surface area (Å²) in [6.45, 7) is 4.20. The minimum Gasteiger partial charge on any atom is -0.379 e. The lowest BCUT2D eigenvalue weighted by Crippen LogP contribution is -2.49. The summed E-state index contributed by atoms with van der Waals surface area (Å²) < 4.78 is 44.9. The number of piperazine rings is 1. The van der Waals surface area contributed by atoms with Crippen molar-refractivity contribution in [1.82, 2.24) is 25.1 Å². The zero-order valence-electron chi connectivity index (χ0n) is 19.3. The summed E-state index contributed by atoms with van der Waals surface area (Å²) in [5.74, 6) is 1.24. The number of rotatable bonds is 9. The van der Waals surface area contributed by atoms with Crippen molar-refractivity contribution in [1.29, 1.82) is 0 Å². The fourth-order valence-electron chi connectivity index (χ4n) is 3.95. The van der Waals surface area contributed by atoms with Crippen LogP contribution < -0.4 is 15.8 Å². The molecule has 2 fully saturated rings. The molecule has 2 N–H and O–H groups in total. The van der Waals surface area contributed by atoms with Gasteiger partial charge in [-0.1, -0.05) is 0 Å². The third kappa shape index (κ3) is 6.47.